The zero-order chi connectivity index (χ0) is 9.10. The minimum absolute atomic E-state index is 0.0237. The number of nitrogens with one attached hydrogen (secondary N) is 1. The van der Waals surface area contributed by atoms with Crippen LogP contribution in [-0.2, 0) is 14.3 Å². The fourth-order valence-electron chi connectivity index (χ4n) is 1.71. The van der Waals surface area contributed by atoms with Gasteiger partial charge in [0.2, 0.25) is 5.91 Å². The Morgan fingerprint density at radius 2 is 2.38 bits per heavy atom. The Morgan fingerprint density at radius 1 is 1.46 bits per heavy atom. The maximum Gasteiger partial charge on any atom is 0.222 e. The van der Waals surface area contributed by atoms with Crippen LogP contribution in [0.15, 0.2) is 0 Å². The number of ether oxygens (including phenoxy) is 2. The van der Waals surface area contributed by atoms with Gasteiger partial charge in [0.15, 0.2) is 6.29 Å². The molecule has 4 nitrogen and oxygen atoms in total. The minimum Gasteiger partial charge on any atom is -0.353 e. The van der Waals surface area contributed by atoms with E-state index in [2.05, 4.69) is 5.32 Å². The predicted molar refractivity (Wildman–Crippen MR) is 46.1 cm³/mol. The van der Waals surface area contributed by atoms with Crippen molar-refractivity contribution in [3.8, 4) is 0 Å². The van der Waals surface area contributed by atoms with Crippen molar-refractivity contribution in [2.75, 3.05) is 13.2 Å². The van der Waals surface area contributed by atoms with Crippen molar-refractivity contribution in [2.45, 2.75) is 38.1 Å². The smallest absolute Gasteiger partial charge is 0.222 e. The first-order chi connectivity index (χ1) is 6.34. The number of amides is 1. The van der Waals surface area contributed by atoms with E-state index in [0.29, 0.717) is 13.0 Å². The van der Waals surface area contributed by atoms with Gasteiger partial charge in [-0.1, -0.05) is 0 Å². The van der Waals surface area contributed by atoms with Crippen molar-refractivity contribution in [1.29, 1.82) is 0 Å². The molecular formula is C9H15NO3. The molecule has 4 heteroatoms. The van der Waals surface area contributed by atoms with Crippen LogP contribution in [0.25, 0.3) is 0 Å². The summed E-state index contributed by atoms with van der Waals surface area (Å²) in [5.41, 5.74) is 0. The summed E-state index contributed by atoms with van der Waals surface area (Å²) < 4.78 is 11.0. The van der Waals surface area contributed by atoms with Gasteiger partial charge in [0, 0.05) is 13.2 Å². The molecule has 0 saturated carbocycles. The van der Waals surface area contributed by atoms with Crippen molar-refractivity contribution in [2.24, 2.45) is 0 Å². The summed E-state index contributed by atoms with van der Waals surface area (Å²) in [7, 11) is 0. The molecule has 2 heterocycles. The molecule has 1 amide bonds. The molecule has 74 valence electrons. The van der Waals surface area contributed by atoms with Crippen LogP contribution in [0.2, 0.25) is 0 Å². The van der Waals surface area contributed by atoms with E-state index in [1.165, 1.54) is 6.42 Å². The van der Waals surface area contributed by atoms with Crippen LogP contribution in [0.3, 0.4) is 0 Å². The molecule has 0 radical (unpaired) electrons. The molecule has 0 aliphatic carbocycles. The lowest BCUT2D eigenvalue weighted by Crippen LogP contribution is -2.29. The minimum atomic E-state index is -0.0774. The maximum absolute atomic E-state index is 10.9. The van der Waals surface area contributed by atoms with Crippen LogP contribution in [-0.4, -0.2) is 31.5 Å². The molecule has 2 rings (SSSR count). The van der Waals surface area contributed by atoms with Crippen LogP contribution >= 0.6 is 0 Å². The van der Waals surface area contributed by atoms with Crippen LogP contribution in [0.1, 0.15) is 25.7 Å². The van der Waals surface area contributed by atoms with Gasteiger partial charge in [-0.3, -0.25) is 4.79 Å². The van der Waals surface area contributed by atoms with Gasteiger partial charge in [0.1, 0.15) is 0 Å². The summed E-state index contributed by atoms with van der Waals surface area (Å²) in [6.45, 7) is 1.43. The fourth-order valence-corrected chi connectivity index (χ4v) is 1.71. The molecule has 13 heavy (non-hydrogen) atoms. The Labute approximate surface area is 77.6 Å². The van der Waals surface area contributed by atoms with E-state index >= 15 is 0 Å². The van der Waals surface area contributed by atoms with Crippen molar-refractivity contribution in [1.82, 2.24) is 5.32 Å². The summed E-state index contributed by atoms with van der Waals surface area (Å²) in [4.78, 5) is 10.9. The number of hydrogen-bond donors (Lipinski definition) is 1. The molecule has 2 aliphatic rings. The van der Waals surface area contributed by atoms with E-state index in [1.54, 1.807) is 0 Å². The highest BCUT2D eigenvalue weighted by Gasteiger charge is 2.26. The van der Waals surface area contributed by atoms with Crippen LogP contribution in [0.5, 0.6) is 0 Å². The Morgan fingerprint density at radius 3 is 3.00 bits per heavy atom. The molecule has 0 spiro atoms. The third kappa shape index (κ3) is 2.42. The van der Waals surface area contributed by atoms with Crippen LogP contribution in [0, 0.1) is 0 Å². The van der Waals surface area contributed by atoms with E-state index in [9.17, 15) is 4.79 Å². The average molecular weight is 185 g/mol. The fraction of sp³-hybridized carbons (Fsp3) is 0.889. The zero-order valence-electron chi connectivity index (χ0n) is 7.62. The lowest BCUT2D eigenvalue weighted by molar-refractivity contribution is -0.183. The van der Waals surface area contributed by atoms with Gasteiger partial charge in [-0.05, 0) is 19.3 Å². The molecular weight excluding hydrogens is 170 g/mol. The third-order valence-electron chi connectivity index (χ3n) is 2.42. The van der Waals surface area contributed by atoms with Gasteiger partial charge < -0.3 is 14.8 Å². The SMILES string of the molecule is O=C1CC(OC2CCCCO2)CN1. The van der Waals surface area contributed by atoms with E-state index in [-0.39, 0.29) is 18.3 Å². The first-order valence-corrected chi connectivity index (χ1v) is 4.88. The van der Waals surface area contributed by atoms with E-state index in [1.807, 2.05) is 0 Å². The quantitative estimate of drug-likeness (QED) is 0.678. The monoisotopic (exact) mass is 185 g/mol. The number of rotatable bonds is 2. The molecule has 0 bridgehead atoms. The Balaban J connectivity index is 1.73. The third-order valence-corrected chi connectivity index (χ3v) is 2.42. The number of carbonyl (C=O) groups is 1. The topological polar surface area (TPSA) is 47.6 Å². The molecule has 2 unspecified atom stereocenters. The van der Waals surface area contributed by atoms with Gasteiger partial charge in [-0.2, -0.15) is 0 Å². The second kappa shape index (κ2) is 4.07. The van der Waals surface area contributed by atoms with Crippen LogP contribution in [0.4, 0.5) is 0 Å². The Hall–Kier alpha value is -0.610. The van der Waals surface area contributed by atoms with Crippen molar-refractivity contribution < 1.29 is 14.3 Å². The average Bonchev–Trinajstić information content (AvgIpc) is 2.53. The summed E-state index contributed by atoms with van der Waals surface area (Å²) in [5, 5.41) is 2.74. The normalized spacial score (nSPS) is 34.6. The summed E-state index contributed by atoms with van der Waals surface area (Å²) in [6.07, 6.45) is 3.69. The largest absolute Gasteiger partial charge is 0.353 e. The van der Waals surface area contributed by atoms with Gasteiger partial charge >= 0.3 is 0 Å². The summed E-state index contributed by atoms with van der Waals surface area (Å²) in [5.74, 6) is 0.0841. The van der Waals surface area contributed by atoms with Gasteiger partial charge in [0.25, 0.3) is 0 Å². The predicted octanol–water partition coefficient (Wildman–Crippen LogP) is 0.418. The Bertz CT molecular complexity index is 189. The van der Waals surface area contributed by atoms with Gasteiger partial charge in [0.05, 0.1) is 12.5 Å². The number of carbonyl (C=O) groups excluding carboxylic acids is 1. The lowest BCUT2D eigenvalue weighted by Gasteiger charge is -2.25. The van der Waals surface area contributed by atoms with Crippen molar-refractivity contribution >= 4 is 5.91 Å². The molecule has 2 aliphatic heterocycles. The lowest BCUT2D eigenvalue weighted by atomic mass is 10.2. The first kappa shape index (κ1) is 8.97. The molecule has 1 N–H and O–H groups in total. The van der Waals surface area contributed by atoms with Crippen molar-refractivity contribution in [3.05, 3.63) is 0 Å². The first-order valence-electron chi connectivity index (χ1n) is 4.88. The molecule has 0 aromatic heterocycles. The van der Waals surface area contributed by atoms with E-state index < -0.39 is 0 Å². The van der Waals surface area contributed by atoms with Crippen LogP contribution < -0.4 is 5.32 Å². The maximum atomic E-state index is 10.9. The molecule has 2 saturated heterocycles. The summed E-state index contributed by atoms with van der Waals surface area (Å²) in [6, 6.07) is 0. The van der Waals surface area contributed by atoms with Gasteiger partial charge in [-0.15, -0.1) is 0 Å². The zero-order valence-corrected chi connectivity index (χ0v) is 7.62. The summed E-state index contributed by atoms with van der Waals surface area (Å²) >= 11 is 0. The molecule has 2 fully saturated rings. The standard InChI is InChI=1S/C9H15NO3/c11-8-5-7(6-10-8)13-9-3-1-2-4-12-9/h7,9H,1-6H2,(H,10,11). The molecule has 2 atom stereocenters. The molecule has 0 aromatic rings. The highest BCUT2D eigenvalue weighted by atomic mass is 16.7. The number of hydrogen-bond acceptors (Lipinski definition) is 3. The second-order valence-electron chi connectivity index (χ2n) is 3.56. The highest BCUT2D eigenvalue weighted by Crippen LogP contribution is 2.17. The van der Waals surface area contributed by atoms with Gasteiger partial charge in [-0.25, -0.2) is 0 Å². The van der Waals surface area contributed by atoms with Crippen molar-refractivity contribution in [3.63, 3.8) is 0 Å². The second-order valence-corrected chi connectivity index (χ2v) is 3.56. The van der Waals surface area contributed by atoms with E-state index in [4.69, 9.17) is 9.47 Å². The molecule has 0 aromatic carbocycles. The highest BCUT2D eigenvalue weighted by molar-refractivity contribution is 5.78. The van der Waals surface area contributed by atoms with E-state index in [0.717, 1.165) is 19.4 Å². The Kier molecular flexibility index (Phi) is 2.80.